The van der Waals surface area contributed by atoms with Crippen LogP contribution in [-0.4, -0.2) is 31.8 Å². The number of rotatable bonds is 5. The SMILES string of the molecule is CCCCC[C@H]1C2=NOC[C@@H]2C[C@H]1C1OCCO1. The fraction of sp³-hybridized carbons (Fsp3) is 0.929. The lowest BCUT2D eigenvalue weighted by Crippen LogP contribution is -2.27. The molecule has 4 heteroatoms. The molecular formula is C14H23NO3. The second kappa shape index (κ2) is 5.57. The first-order valence-electron chi connectivity index (χ1n) is 7.33. The van der Waals surface area contributed by atoms with Gasteiger partial charge in [0.2, 0.25) is 0 Å². The van der Waals surface area contributed by atoms with Crippen LogP contribution < -0.4 is 0 Å². The summed E-state index contributed by atoms with van der Waals surface area (Å²) in [5.41, 5.74) is 1.29. The maximum absolute atomic E-state index is 5.72. The fourth-order valence-electron chi connectivity index (χ4n) is 3.53. The van der Waals surface area contributed by atoms with Crippen molar-refractivity contribution in [1.29, 1.82) is 0 Å². The van der Waals surface area contributed by atoms with E-state index in [1.165, 1.54) is 31.4 Å². The molecular weight excluding hydrogens is 230 g/mol. The highest BCUT2D eigenvalue weighted by Gasteiger charge is 2.47. The topological polar surface area (TPSA) is 40.0 Å². The Morgan fingerprint density at radius 3 is 2.83 bits per heavy atom. The highest BCUT2D eigenvalue weighted by Crippen LogP contribution is 2.43. The van der Waals surface area contributed by atoms with Crippen molar-refractivity contribution in [3.8, 4) is 0 Å². The zero-order valence-electron chi connectivity index (χ0n) is 11.1. The summed E-state index contributed by atoms with van der Waals surface area (Å²) in [5, 5.41) is 4.29. The van der Waals surface area contributed by atoms with Gasteiger partial charge in [0.1, 0.15) is 6.61 Å². The third-order valence-electron chi connectivity index (χ3n) is 4.43. The van der Waals surface area contributed by atoms with Gasteiger partial charge in [0.05, 0.1) is 18.9 Å². The van der Waals surface area contributed by atoms with Crippen LogP contribution in [0.4, 0.5) is 0 Å². The molecule has 0 aromatic rings. The smallest absolute Gasteiger partial charge is 0.161 e. The summed E-state index contributed by atoms with van der Waals surface area (Å²) in [7, 11) is 0. The standard InChI is InChI=1S/C14H23NO3/c1-2-3-4-5-11-12(14-16-6-7-17-14)8-10-9-18-15-13(10)11/h10-12,14H,2-9H2,1H3/t10-,11+,12+/m0/s1. The number of hydrogen-bond acceptors (Lipinski definition) is 4. The molecule has 0 unspecified atom stereocenters. The first-order valence-corrected chi connectivity index (χ1v) is 7.33. The van der Waals surface area contributed by atoms with Crippen molar-refractivity contribution >= 4 is 5.71 Å². The van der Waals surface area contributed by atoms with E-state index in [1.54, 1.807) is 0 Å². The molecule has 0 aromatic heterocycles. The average molecular weight is 253 g/mol. The third kappa shape index (κ3) is 2.28. The molecule has 0 radical (unpaired) electrons. The first kappa shape index (κ1) is 12.4. The van der Waals surface area contributed by atoms with Gasteiger partial charge in [-0.2, -0.15) is 0 Å². The fourth-order valence-corrected chi connectivity index (χ4v) is 3.53. The van der Waals surface area contributed by atoms with E-state index in [1.807, 2.05) is 0 Å². The van der Waals surface area contributed by atoms with Gasteiger partial charge in [-0.3, -0.25) is 0 Å². The lowest BCUT2D eigenvalue weighted by Gasteiger charge is -2.24. The van der Waals surface area contributed by atoms with Crippen molar-refractivity contribution < 1.29 is 14.3 Å². The van der Waals surface area contributed by atoms with Gasteiger partial charge < -0.3 is 14.3 Å². The van der Waals surface area contributed by atoms with Crippen molar-refractivity contribution in [2.45, 2.75) is 45.3 Å². The number of oxime groups is 1. The molecule has 2 aliphatic heterocycles. The Morgan fingerprint density at radius 2 is 2.06 bits per heavy atom. The van der Waals surface area contributed by atoms with E-state index >= 15 is 0 Å². The Bertz CT molecular complexity index is 312. The molecule has 18 heavy (non-hydrogen) atoms. The van der Waals surface area contributed by atoms with Crippen molar-refractivity contribution in [2.24, 2.45) is 22.9 Å². The number of fused-ring (bicyclic) bond motifs is 1. The predicted octanol–water partition coefficient (Wildman–Crippen LogP) is 2.58. The van der Waals surface area contributed by atoms with E-state index < -0.39 is 0 Å². The molecule has 0 aromatic carbocycles. The molecule has 1 saturated carbocycles. The first-order chi connectivity index (χ1) is 8.90. The second-order valence-electron chi connectivity index (χ2n) is 5.62. The Kier molecular flexibility index (Phi) is 3.85. The van der Waals surface area contributed by atoms with Crippen LogP contribution in [0.15, 0.2) is 5.16 Å². The van der Waals surface area contributed by atoms with Crippen LogP contribution in [0.3, 0.4) is 0 Å². The van der Waals surface area contributed by atoms with Crippen molar-refractivity contribution in [1.82, 2.24) is 0 Å². The van der Waals surface area contributed by atoms with Gasteiger partial charge in [-0.05, 0) is 12.8 Å². The van der Waals surface area contributed by atoms with Crippen LogP contribution in [0.2, 0.25) is 0 Å². The number of hydrogen-bond donors (Lipinski definition) is 0. The van der Waals surface area contributed by atoms with Crippen LogP contribution in [0, 0.1) is 17.8 Å². The highest BCUT2D eigenvalue weighted by molar-refractivity contribution is 5.91. The number of nitrogens with zero attached hydrogens (tertiary/aromatic N) is 1. The molecule has 2 fully saturated rings. The Balaban J connectivity index is 1.67. The average Bonchev–Trinajstić information content (AvgIpc) is 3.05. The molecule has 0 amide bonds. The van der Waals surface area contributed by atoms with Gasteiger partial charge in [-0.25, -0.2) is 0 Å². The van der Waals surface area contributed by atoms with Crippen LogP contribution in [0.5, 0.6) is 0 Å². The maximum atomic E-state index is 5.72. The van der Waals surface area contributed by atoms with Crippen molar-refractivity contribution in [3.63, 3.8) is 0 Å². The van der Waals surface area contributed by atoms with Crippen LogP contribution in [-0.2, 0) is 14.3 Å². The Labute approximate surface area is 109 Å². The van der Waals surface area contributed by atoms with Crippen LogP contribution in [0.1, 0.15) is 39.0 Å². The third-order valence-corrected chi connectivity index (χ3v) is 4.43. The molecule has 2 heterocycles. The zero-order valence-corrected chi connectivity index (χ0v) is 11.1. The largest absolute Gasteiger partial charge is 0.395 e. The molecule has 0 bridgehead atoms. The number of ether oxygens (including phenoxy) is 2. The van der Waals surface area contributed by atoms with E-state index in [0.29, 0.717) is 17.8 Å². The summed E-state index contributed by atoms with van der Waals surface area (Å²) < 4.78 is 11.4. The maximum Gasteiger partial charge on any atom is 0.161 e. The van der Waals surface area contributed by atoms with Gasteiger partial charge in [-0.15, -0.1) is 0 Å². The monoisotopic (exact) mass is 253 g/mol. The minimum Gasteiger partial charge on any atom is -0.395 e. The summed E-state index contributed by atoms with van der Waals surface area (Å²) in [5.74, 6) is 1.54. The van der Waals surface area contributed by atoms with Crippen molar-refractivity contribution in [2.75, 3.05) is 19.8 Å². The summed E-state index contributed by atoms with van der Waals surface area (Å²) in [4.78, 5) is 5.27. The van der Waals surface area contributed by atoms with Gasteiger partial charge in [0, 0.05) is 17.8 Å². The molecule has 3 rings (SSSR count). The second-order valence-corrected chi connectivity index (χ2v) is 5.62. The molecule has 3 atom stereocenters. The molecule has 3 aliphatic rings. The summed E-state index contributed by atoms with van der Waals surface area (Å²) in [6, 6.07) is 0. The lowest BCUT2D eigenvalue weighted by molar-refractivity contribution is -0.0935. The van der Waals surface area contributed by atoms with Crippen molar-refractivity contribution in [3.05, 3.63) is 0 Å². The van der Waals surface area contributed by atoms with E-state index in [0.717, 1.165) is 26.2 Å². The van der Waals surface area contributed by atoms with E-state index in [9.17, 15) is 0 Å². The Hall–Kier alpha value is -0.610. The molecule has 4 nitrogen and oxygen atoms in total. The summed E-state index contributed by atoms with van der Waals surface area (Å²) in [6.45, 7) is 4.50. The molecule has 0 spiro atoms. The van der Waals surface area contributed by atoms with Gasteiger partial charge in [0.25, 0.3) is 0 Å². The lowest BCUT2D eigenvalue weighted by atomic mass is 9.89. The summed E-state index contributed by atoms with van der Waals surface area (Å²) >= 11 is 0. The molecule has 0 N–H and O–H groups in total. The highest BCUT2D eigenvalue weighted by atomic mass is 16.7. The van der Waals surface area contributed by atoms with E-state index in [-0.39, 0.29) is 6.29 Å². The molecule has 1 aliphatic carbocycles. The predicted molar refractivity (Wildman–Crippen MR) is 68.3 cm³/mol. The van der Waals surface area contributed by atoms with E-state index in [2.05, 4.69) is 12.1 Å². The minimum absolute atomic E-state index is 0.00456. The quantitative estimate of drug-likeness (QED) is 0.707. The van der Waals surface area contributed by atoms with Gasteiger partial charge in [0.15, 0.2) is 6.29 Å². The van der Waals surface area contributed by atoms with E-state index in [4.69, 9.17) is 14.3 Å². The van der Waals surface area contributed by atoms with Crippen LogP contribution in [0.25, 0.3) is 0 Å². The molecule has 1 saturated heterocycles. The number of unbranched alkanes of at least 4 members (excludes halogenated alkanes) is 2. The minimum atomic E-state index is 0.00456. The van der Waals surface area contributed by atoms with Gasteiger partial charge >= 0.3 is 0 Å². The Morgan fingerprint density at radius 1 is 1.22 bits per heavy atom. The van der Waals surface area contributed by atoms with Gasteiger partial charge in [-0.1, -0.05) is 31.3 Å². The normalized spacial score (nSPS) is 35.6. The summed E-state index contributed by atoms with van der Waals surface area (Å²) in [6.07, 6.45) is 6.18. The van der Waals surface area contributed by atoms with Crippen LogP contribution >= 0.6 is 0 Å². The zero-order chi connectivity index (χ0) is 12.4. The molecule has 102 valence electrons.